The van der Waals surface area contributed by atoms with E-state index in [0.29, 0.717) is 35.2 Å². The van der Waals surface area contributed by atoms with Crippen LogP contribution in [0.2, 0.25) is 0 Å². The second-order valence-electron chi connectivity index (χ2n) is 11.2. The van der Waals surface area contributed by atoms with E-state index in [9.17, 15) is 20.1 Å². The van der Waals surface area contributed by atoms with Gasteiger partial charge in [-0.15, -0.1) is 0 Å². The first-order valence-corrected chi connectivity index (χ1v) is 14.5. The van der Waals surface area contributed by atoms with Gasteiger partial charge in [0.2, 0.25) is 0 Å². The number of allylic oxidation sites excluding steroid dienone is 5. The number of phenolic OH excluding ortho intramolecular Hbond substituents is 1. The van der Waals surface area contributed by atoms with Crippen LogP contribution in [0.1, 0.15) is 58.1 Å². The number of phenols is 1. The van der Waals surface area contributed by atoms with Crippen LogP contribution in [0.5, 0.6) is 23.0 Å². The number of aromatic hydroxyl groups is 1. The van der Waals surface area contributed by atoms with Crippen molar-refractivity contribution in [3.63, 3.8) is 0 Å². The Morgan fingerprint density at radius 3 is 2.33 bits per heavy atom. The summed E-state index contributed by atoms with van der Waals surface area (Å²) in [6.07, 6.45) is 13.3. The molecule has 3 rings (SSSR count). The predicted octanol–water partition coefficient (Wildman–Crippen LogP) is 7.60. The summed E-state index contributed by atoms with van der Waals surface area (Å²) in [5.74, 6) is 1.28. The number of benzene rings is 2. The van der Waals surface area contributed by atoms with E-state index in [2.05, 4.69) is 26.8 Å². The summed E-state index contributed by atoms with van der Waals surface area (Å²) in [6, 6.07) is 10.2. The van der Waals surface area contributed by atoms with E-state index >= 15 is 0 Å². The molecule has 0 bridgehead atoms. The molecule has 0 saturated heterocycles. The third-order valence-electron chi connectivity index (χ3n) is 7.61. The van der Waals surface area contributed by atoms with E-state index in [0.717, 1.165) is 30.1 Å². The number of methoxy groups -OCH3 is 2. The van der Waals surface area contributed by atoms with E-state index in [1.807, 2.05) is 25.1 Å². The number of aliphatic hydroxyl groups excluding tert-OH is 2. The molecule has 1 aliphatic carbocycles. The van der Waals surface area contributed by atoms with E-state index in [1.54, 1.807) is 37.5 Å². The molecule has 0 unspecified atom stereocenters. The lowest BCUT2D eigenvalue weighted by atomic mass is 9.76. The molecule has 230 valence electrons. The molecule has 0 spiro atoms. The smallest absolute Gasteiger partial charge is 0.182 e. The van der Waals surface area contributed by atoms with Gasteiger partial charge in [0.15, 0.2) is 28.8 Å². The zero-order chi connectivity index (χ0) is 31.5. The zero-order valence-electron chi connectivity index (χ0n) is 25.9. The lowest BCUT2D eigenvalue weighted by Crippen LogP contribution is -2.36. The fourth-order valence-electron chi connectivity index (χ4n) is 5.07. The van der Waals surface area contributed by atoms with E-state index in [4.69, 9.17) is 14.2 Å². The average molecular weight is 589 g/mol. The zero-order valence-corrected chi connectivity index (χ0v) is 25.9. The molecule has 43 heavy (non-hydrogen) atoms. The van der Waals surface area contributed by atoms with Gasteiger partial charge in [-0.3, -0.25) is 4.79 Å². The summed E-state index contributed by atoms with van der Waals surface area (Å²) < 4.78 is 17.1. The molecule has 0 saturated carbocycles. The molecule has 3 N–H and O–H groups in total. The monoisotopic (exact) mass is 588 g/mol. The minimum Gasteiger partial charge on any atom is -0.508 e. The first-order chi connectivity index (χ1) is 20.5. The first kappa shape index (κ1) is 33.3. The van der Waals surface area contributed by atoms with Crippen LogP contribution in [0.15, 0.2) is 83.7 Å². The molecule has 0 aliphatic heterocycles. The highest BCUT2D eigenvalue weighted by Gasteiger charge is 2.33. The third-order valence-corrected chi connectivity index (χ3v) is 7.61. The molecular weight excluding hydrogens is 544 g/mol. The topological polar surface area (TPSA) is 105 Å². The molecule has 0 amide bonds. The number of rotatable bonds is 13. The average Bonchev–Trinajstić information content (AvgIpc) is 2.97. The van der Waals surface area contributed by atoms with Crippen molar-refractivity contribution >= 4 is 17.9 Å². The van der Waals surface area contributed by atoms with Crippen molar-refractivity contribution in [1.29, 1.82) is 0 Å². The Kier molecular flexibility index (Phi) is 12.3. The standard InChI is InChI=1S/C36H44O7/c1-23(2)8-7-9-24(3)30-22-34(25(4)18-32(30)40)43-33-17-13-27(20-36(33)42-6)11-15-29(38)21-28(37)14-10-26-12-16-31(39)35(19-26)41-5/h8,10-21,24,30,32,34,38-40H,7,9,22H2,1-6H3/b14-10+,15-11+,29-21-/t24-,30+,32-,34-/m0/s1. The summed E-state index contributed by atoms with van der Waals surface area (Å²) in [5, 5.41) is 30.7. The van der Waals surface area contributed by atoms with Gasteiger partial charge in [-0.1, -0.05) is 48.9 Å². The molecule has 7 heteroatoms. The highest BCUT2D eigenvalue weighted by atomic mass is 16.5. The fraction of sp³-hybridized carbons (Fsp3) is 0.361. The second-order valence-corrected chi connectivity index (χ2v) is 11.2. The molecule has 2 aromatic carbocycles. The normalized spacial score (nSPS) is 19.7. The van der Waals surface area contributed by atoms with Crippen molar-refractivity contribution < 1.29 is 34.3 Å². The maximum absolute atomic E-state index is 12.3. The van der Waals surface area contributed by atoms with Gasteiger partial charge in [-0.05, 0) is 105 Å². The van der Waals surface area contributed by atoms with Gasteiger partial charge in [-0.25, -0.2) is 0 Å². The van der Waals surface area contributed by atoms with Crippen molar-refractivity contribution in [3.8, 4) is 23.0 Å². The number of hydrogen-bond acceptors (Lipinski definition) is 7. The number of carbonyl (C=O) groups excluding carboxylic acids is 1. The Labute approximate surface area is 255 Å². The molecule has 0 radical (unpaired) electrons. The van der Waals surface area contributed by atoms with Crippen LogP contribution in [0.4, 0.5) is 0 Å². The van der Waals surface area contributed by atoms with Crippen LogP contribution >= 0.6 is 0 Å². The number of aliphatic hydroxyl groups is 2. The molecule has 0 heterocycles. The first-order valence-electron chi connectivity index (χ1n) is 14.5. The summed E-state index contributed by atoms with van der Waals surface area (Å²) >= 11 is 0. The maximum Gasteiger partial charge on any atom is 0.182 e. The van der Waals surface area contributed by atoms with Gasteiger partial charge in [0.25, 0.3) is 0 Å². The van der Waals surface area contributed by atoms with Gasteiger partial charge < -0.3 is 29.5 Å². The number of ketones is 1. The highest BCUT2D eigenvalue weighted by Crippen LogP contribution is 2.37. The van der Waals surface area contributed by atoms with Gasteiger partial charge in [0.1, 0.15) is 11.9 Å². The summed E-state index contributed by atoms with van der Waals surface area (Å²) in [6.45, 7) is 8.38. The quantitative estimate of drug-likeness (QED) is 0.0957. The second kappa shape index (κ2) is 15.8. The van der Waals surface area contributed by atoms with Crippen molar-refractivity contribution in [3.05, 3.63) is 94.8 Å². The number of ether oxygens (including phenoxy) is 3. The Bertz CT molecular complexity index is 1410. The molecule has 0 aromatic heterocycles. The van der Waals surface area contributed by atoms with Crippen molar-refractivity contribution in [2.45, 2.75) is 59.2 Å². The minimum absolute atomic E-state index is 0.00943. The summed E-state index contributed by atoms with van der Waals surface area (Å²) in [7, 11) is 3.02. The molecule has 4 atom stereocenters. The highest BCUT2D eigenvalue weighted by molar-refractivity contribution is 6.02. The lowest BCUT2D eigenvalue weighted by Gasteiger charge is -2.36. The maximum atomic E-state index is 12.3. The van der Waals surface area contributed by atoms with Crippen LogP contribution in [0.25, 0.3) is 12.2 Å². The third kappa shape index (κ3) is 9.93. The van der Waals surface area contributed by atoms with Gasteiger partial charge in [-0.2, -0.15) is 0 Å². The minimum atomic E-state index is -0.490. The SMILES string of the molecule is COc1cc(/C=C/C(=O)/C=C(O)/C=C/c2ccc(O[C@H]3C[C@H]([C@@H](C)CCC=C(C)C)[C@@H](O)C=C3C)c(OC)c2)ccc1O. The summed E-state index contributed by atoms with van der Waals surface area (Å²) in [4.78, 5) is 12.3. The van der Waals surface area contributed by atoms with Gasteiger partial charge >= 0.3 is 0 Å². The molecule has 1 aliphatic rings. The van der Waals surface area contributed by atoms with E-state index < -0.39 is 11.9 Å². The van der Waals surface area contributed by atoms with E-state index in [-0.39, 0.29) is 23.5 Å². The van der Waals surface area contributed by atoms with Crippen molar-refractivity contribution in [2.24, 2.45) is 11.8 Å². The number of carbonyl (C=O) groups is 1. The van der Waals surface area contributed by atoms with Crippen molar-refractivity contribution in [2.75, 3.05) is 14.2 Å². The summed E-state index contributed by atoms with van der Waals surface area (Å²) in [5.41, 5.74) is 3.71. The predicted molar refractivity (Wildman–Crippen MR) is 172 cm³/mol. The van der Waals surface area contributed by atoms with Gasteiger partial charge in [0, 0.05) is 6.08 Å². The van der Waals surface area contributed by atoms with Crippen LogP contribution in [-0.2, 0) is 4.79 Å². The van der Waals surface area contributed by atoms with Crippen LogP contribution < -0.4 is 14.2 Å². The molecule has 2 aromatic rings. The van der Waals surface area contributed by atoms with Crippen LogP contribution in [-0.4, -0.2) is 47.5 Å². The molecule has 7 nitrogen and oxygen atoms in total. The van der Waals surface area contributed by atoms with Crippen LogP contribution in [0, 0.1) is 11.8 Å². The van der Waals surface area contributed by atoms with Gasteiger partial charge in [0.05, 0.1) is 20.3 Å². The largest absolute Gasteiger partial charge is 0.508 e. The van der Waals surface area contributed by atoms with Crippen LogP contribution in [0.3, 0.4) is 0 Å². The molecule has 0 fully saturated rings. The Morgan fingerprint density at radius 1 is 1.00 bits per heavy atom. The van der Waals surface area contributed by atoms with E-state index in [1.165, 1.54) is 30.9 Å². The van der Waals surface area contributed by atoms with Crippen molar-refractivity contribution in [1.82, 2.24) is 0 Å². The molecular formula is C36H44O7. The Hall–Kier alpha value is -4.23. The number of hydrogen-bond donors (Lipinski definition) is 3. The Morgan fingerprint density at radius 2 is 1.65 bits per heavy atom. The lowest BCUT2D eigenvalue weighted by molar-refractivity contribution is -0.110. The Balaban J connectivity index is 1.65. The fourth-order valence-corrected chi connectivity index (χ4v) is 5.07.